The second-order valence-electron chi connectivity index (χ2n) is 4.97. The highest BCUT2D eigenvalue weighted by Crippen LogP contribution is 2.22. The van der Waals surface area contributed by atoms with E-state index >= 15 is 0 Å². The van der Waals surface area contributed by atoms with Gasteiger partial charge in [0.15, 0.2) is 0 Å². The molecule has 1 N–H and O–H groups in total. The van der Waals surface area contributed by atoms with Crippen molar-refractivity contribution < 1.29 is 4.74 Å². The fourth-order valence-corrected chi connectivity index (χ4v) is 2.86. The molecule has 0 aliphatic rings. The first-order valence-electron chi connectivity index (χ1n) is 6.83. The Kier molecular flexibility index (Phi) is 8.66. The minimum absolute atomic E-state index is 0.337. The molecule has 0 bridgehead atoms. The Morgan fingerprint density at radius 1 is 1.37 bits per heavy atom. The normalized spacial score (nSPS) is 11.7. The third-order valence-corrected chi connectivity index (χ3v) is 3.89. The fourth-order valence-electron chi connectivity index (χ4n) is 1.69. The topological polar surface area (TPSA) is 24.5 Å². The average Bonchev–Trinajstić information content (AvgIpc) is 2.73. The summed E-state index contributed by atoms with van der Waals surface area (Å²) in [5, 5.41) is 3.44. The van der Waals surface area contributed by atoms with Crippen molar-refractivity contribution >= 4 is 22.9 Å². The summed E-state index contributed by atoms with van der Waals surface area (Å²) >= 11 is 7.57. The molecule has 3 nitrogen and oxygen atoms in total. The van der Waals surface area contributed by atoms with Gasteiger partial charge in [-0.15, -0.1) is 11.3 Å². The van der Waals surface area contributed by atoms with E-state index in [1.165, 1.54) is 4.88 Å². The molecule has 0 spiro atoms. The lowest BCUT2D eigenvalue weighted by Gasteiger charge is -2.16. The van der Waals surface area contributed by atoms with Crippen LogP contribution in [0.25, 0.3) is 0 Å². The van der Waals surface area contributed by atoms with E-state index in [0.717, 1.165) is 43.5 Å². The lowest BCUT2D eigenvalue weighted by atomic mass is 10.4. The first kappa shape index (κ1) is 16.9. The van der Waals surface area contributed by atoms with Crippen LogP contribution in [0.4, 0.5) is 0 Å². The molecule has 1 heterocycles. The Hall–Kier alpha value is -0.130. The maximum Gasteiger partial charge on any atom is 0.0931 e. The SMILES string of the molecule is CC(C)OCCCNCCN(C)Cc1ccc(Cl)s1. The monoisotopic (exact) mass is 304 g/mol. The third kappa shape index (κ3) is 8.60. The largest absolute Gasteiger partial charge is 0.379 e. The Morgan fingerprint density at radius 2 is 2.16 bits per heavy atom. The number of nitrogens with one attached hydrogen (secondary N) is 1. The molecule has 0 aromatic carbocycles. The third-order valence-electron chi connectivity index (χ3n) is 2.67. The second-order valence-corrected chi connectivity index (χ2v) is 6.77. The van der Waals surface area contributed by atoms with Crippen LogP contribution >= 0.6 is 22.9 Å². The molecular weight excluding hydrogens is 280 g/mol. The van der Waals surface area contributed by atoms with Crippen LogP contribution in [0.5, 0.6) is 0 Å². The average molecular weight is 305 g/mol. The van der Waals surface area contributed by atoms with Crippen molar-refractivity contribution in [3.05, 3.63) is 21.3 Å². The predicted octanol–water partition coefficient (Wildman–Crippen LogP) is 3.24. The first-order valence-corrected chi connectivity index (χ1v) is 8.02. The number of likely N-dealkylation sites (N-methyl/N-ethyl adjacent to an activating group) is 1. The van der Waals surface area contributed by atoms with E-state index in [1.807, 2.05) is 6.07 Å². The van der Waals surface area contributed by atoms with Crippen LogP contribution in [0.2, 0.25) is 4.34 Å². The van der Waals surface area contributed by atoms with Crippen LogP contribution in [0.3, 0.4) is 0 Å². The van der Waals surface area contributed by atoms with Gasteiger partial charge >= 0.3 is 0 Å². The van der Waals surface area contributed by atoms with Gasteiger partial charge in [0.05, 0.1) is 10.4 Å². The molecule has 0 amide bonds. The van der Waals surface area contributed by atoms with Gasteiger partial charge in [-0.05, 0) is 46.0 Å². The number of rotatable bonds is 10. The van der Waals surface area contributed by atoms with E-state index in [9.17, 15) is 0 Å². The van der Waals surface area contributed by atoms with E-state index in [2.05, 4.69) is 37.2 Å². The van der Waals surface area contributed by atoms with Gasteiger partial charge in [-0.2, -0.15) is 0 Å². The van der Waals surface area contributed by atoms with E-state index < -0.39 is 0 Å². The van der Waals surface area contributed by atoms with Crippen LogP contribution in [-0.4, -0.2) is 44.3 Å². The molecule has 0 fully saturated rings. The van der Waals surface area contributed by atoms with Crippen molar-refractivity contribution in [3.63, 3.8) is 0 Å². The Balaban J connectivity index is 1.97. The lowest BCUT2D eigenvalue weighted by molar-refractivity contribution is 0.0770. The molecule has 0 saturated heterocycles. The summed E-state index contributed by atoms with van der Waals surface area (Å²) in [6.07, 6.45) is 1.41. The maximum atomic E-state index is 5.92. The quantitative estimate of drug-likeness (QED) is 0.672. The molecule has 110 valence electrons. The summed E-state index contributed by atoms with van der Waals surface area (Å²) in [5.41, 5.74) is 0. The van der Waals surface area contributed by atoms with Gasteiger partial charge in [0.1, 0.15) is 0 Å². The molecule has 5 heteroatoms. The summed E-state index contributed by atoms with van der Waals surface area (Å²) in [5.74, 6) is 0. The van der Waals surface area contributed by atoms with E-state index in [0.29, 0.717) is 6.10 Å². The predicted molar refractivity (Wildman–Crippen MR) is 84.2 cm³/mol. The Morgan fingerprint density at radius 3 is 2.79 bits per heavy atom. The zero-order valence-electron chi connectivity index (χ0n) is 12.1. The zero-order valence-corrected chi connectivity index (χ0v) is 13.7. The van der Waals surface area contributed by atoms with Crippen LogP contribution < -0.4 is 5.32 Å². The minimum atomic E-state index is 0.337. The molecule has 1 aromatic rings. The second kappa shape index (κ2) is 9.72. The maximum absolute atomic E-state index is 5.92. The molecular formula is C14H25ClN2OS. The summed E-state index contributed by atoms with van der Waals surface area (Å²) in [6.45, 7) is 9.02. The van der Waals surface area contributed by atoms with Gasteiger partial charge in [0.25, 0.3) is 0 Å². The van der Waals surface area contributed by atoms with E-state index in [-0.39, 0.29) is 0 Å². The molecule has 1 rings (SSSR count). The highest BCUT2D eigenvalue weighted by Gasteiger charge is 2.02. The van der Waals surface area contributed by atoms with Crippen molar-refractivity contribution in [2.24, 2.45) is 0 Å². The molecule has 0 radical (unpaired) electrons. The van der Waals surface area contributed by atoms with Gasteiger partial charge in [0.2, 0.25) is 0 Å². The molecule has 19 heavy (non-hydrogen) atoms. The van der Waals surface area contributed by atoms with Crippen molar-refractivity contribution in [3.8, 4) is 0 Å². The van der Waals surface area contributed by atoms with Crippen LogP contribution in [-0.2, 0) is 11.3 Å². The van der Waals surface area contributed by atoms with Crippen molar-refractivity contribution in [2.75, 3.05) is 33.3 Å². The number of nitrogens with zero attached hydrogens (tertiary/aromatic N) is 1. The van der Waals surface area contributed by atoms with Gasteiger partial charge < -0.3 is 15.0 Å². The Labute approximate surface area is 125 Å². The number of hydrogen-bond acceptors (Lipinski definition) is 4. The van der Waals surface area contributed by atoms with E-state index in [4.69, 9.17) is 16.3 Å². The summed E-state index contributed by atoms with van der Waals surface area (Å²) < 4.78 is 6.36. The van der Waals surface area contributed by atoms with Crippen molar-refractivity contribution in [2.45, 2.75) is 32.9 Å². The lowest BCUT2D eigenvalue weighted by Crippen LogP contribution is -2.29. The van der Waals surface area contributed by atoms with Crippen molar-refractivity contribution in [1.82, 2.24) is 10.2 Å². The standard InChI is InChI=1S/C14H25ClN2OS/c1-12(2)18-10-4-7-16-8-9-17(3)11-13-5-6-14(15)19-13/h5-6,12,16H,4,7-11H2,1-3H3. The molecule has 0 saturated carbocycles. The van der Waals surface area contributed by atoms with Gasteiger partial charge in [-0.1, -0.05) is 11.6 Å². The zero-order chi connectivity index (χ0) is 14.1. The molecule has 0 atom stereocenters. The summed E-state index contributed by atoms with van der Waals surface area (Å²) in [7, 11) is 2.14. The van der Waals surface area contributed by atoms with Crippen LogP contribution in [0.1, 0.15) is 25.1 Å². The number of hydrogen-bond donors (Lipinski definition) is 1. The summed E-state index contributed by atoms with van der Waals surface area (Å²) in [4.78, 5) is 3.62. The highest BCUT2D eigenvalue weighted by molar-refractivity contribution is 7.16. The number of halogens is 1. The van der Waals surface area contributed by atoms with Crippen LogP contribution in [0, 0.1) is 0 Å². The molecule has 0 unspecified atom stereocenters. The molecule has 0 aliphatic carbocycles. The highest BCUT2D eigenvalue weighted by atomic mass is 35.5. The molecule has 1 aromatic heterocycles. The van der Waals surface area contributed by atoms with Gasteiger partial charge in [0, 0.05) is 31.1 Å². The summed E-state index contributed by atoms with van der Waals surface area (Å²) in [6, 6.07) is 4.06. The smallest absolute Gasteiger partial charge is 0.0931 e. The van der Waals surface area contributed by atoms with Gasteiger partial charge in [-0.3, -0.25) is 0 Å². The Bertz CT molecular complexity index is 344. The number of thiophene rings is 1. The van der Waals surface area contributed by atoms with Crippen LogP contribution in [0.15, 0.2) is 12.1 Å². The van der Waals surface area contributed by atoms with Crippen molar-refractivity contribution in [1.29, 1.82) is 0 Å². The first-order chi connectivity index (χ1) is 9.08. The number of ether oxygens (including phenoxy) is 1. The van der Waals surface area contributed by atoms with E-state index in [1.54, 1.807) is 11.3 Å². The molecule has 0 aliphatic heterocycles. The fraction of sp³-hybridized carbons (Fsp3) is 0.714. The minimum Gasteiger partial charge on any atom is -0.379 e. The van der Waals surface area contributed by atoms with Gasteiger partial charge in [-0.25, -0.2) is 0 Å².